The number of nitrogens with zero attached hydrogens (tertiary/aromatic N) is 1. The van der Waals surface area contributed by atoms with Crippen molar-refractivity contribution in [1.82, 2.24) is 15.6 Å². The van der Waals surface area contributed by atoms with Crippen LogP contribution in [0.2, 0.25) is 0 Å². The van der Waals surface area contributed by atoms with Crippen LogP contribution in [-0.2, 0) is 11.3 Å². The number of nitrogens with one attached hydrogen (secondary N) is 2. The number of carboxylic acid groups (broad SMARTS) is 1. The molecule has 0 spiro atoms. The summed E-state index contributed by atoms with van der Waals surface area (Å²) in [5.41, 5.74) is 2.10. The highest BCUT2D eigenvalue weighted by molar-refractivity contribution is 7.09. The molecule has 0 aromatic carbocycles. The van der Waals surface area contributed by atoms with Crippen LogP contribution in [0.1, 0.15) is 37.3 Å². The molecule has 0 saturated carbocycles. The lowest BCUT2D eigenvalue weighted by molar-refractivity contribution is -0.137. The third-order valence-corrected chi connectivity index (χ3v) is 3.61. The van der Waals surface area contributed by atoms with Crippen LogP contribution >= 0.6 is 11.3 Å². The maximum Gasteiger partial charge on any atom is 0.315 e. The van der Waals surface area contributed by atoms with E-state index in [1.165, 1.54) is 11.3 Å². The van der Waals surface area contributed by atoms with Crippen molar-refractivity contribution in [1.29, 1.82) is 0 Å². The molecule has 0 fully saturated rings. The highest BCUT2D eigenvalue weighted by Gasteiger charge is 2.21. The molecule has 0 unspecified atom stereocenters. The number of aryl methyl sites for hydroxylation is 1. The zero-order valence-electron chi connectivity index (χ0n) is 11.3. The number of hydrogen-bond acceptors (Lipinski definition) is 4. The minimum absolute atomic E-state index is 0.0290. The van der Waals surface area contributed by atoms with Gasteiger partial charge in [0.2, 0.25) is 0 Å². The summed E-state index contributed by atoms with van der Waals surface area (Å²) in [5.74, 6) is -0.865. The van der Waals surface area contributed by atoms with E-state index >= 15 is 0 Å². The summed E-state index contributed by atoms with van der Waals surface area (Å²) in [6.45, 7) is 5.92. The van der Waals surface area contributed by atoms with E-state index in [1.807, 2.05) is 6.92 Å². The van der Waals surface area contributed by atoms with Crippen molar-refractivity contribution >= 4 is 23.3 Å². The summed E-state index contributed by atoms with van der Waals surface area (Å²) >= 11 is 1.49. The summed E-state index contributed by atoms with van der Waals surface area (Å²) < 4.78 is 0. The molecule has 1 aromatic rings. The van der Waals surface area contributed by atoms with Crippen molar-refractivity contribution in [2.75, 3.05) is 0 Å². The molecule has 0 aliphatic rings. The smallest absolute Gasteiger partial charge is 0.315 e. The first-order valence-electron chi connectivity index (χ1n) is 5.97. The second-order valence-electron chi connectivity index (χ2n) is 4.95. The van der Waals surface area contributed by atoms with E-state index in [1.54, 1.807) is 19.4 Å². The Hall–Kier alpha value is -1.63. The first kappa shape index (κ1) is 15.4. The van der Waals surface area contributed by atoms with Crippen LogP contribution in [0.15, 0.2) is 5.51 Å². The molecule has 1 rings (SSSR count). The van der Waals surface area contributed by atoms with Gasteiger partial charge in [0.1, 0.15) is 0 Å². The van der Waals surface area contributed by atoms with E-state index in [0.29, 0.717) is 13.0 Å². The summed E-state index contributed by atoms with van der Waals surface area (Å²) in [5, 5.41) is 14.1. The van der Waals surface area contributed by atoms with Crippen LogP contribution < -0.4 is 10.6 Å². The van der Waals surface area contributed by atoms with E-state index in [9.17, 15) is 9.59 Å². The fraction of sp³-hybridized carbons (Fsp3) is 0.583. The summed E-state index contributed by atoms with van der Waals surface area (Å²) in [4.78, 5) is 27.4. The molecule has 0 saturated heterocycles. The number of rotatable bonds is 6. The van der Waals surface area contributed by atoms with Crippen molar-refractivity contribution in [3.8, 4) is 0 Å². The fourth-order valence-electron chi connectivity index (χ4n) is 1.49. The van der Waals surface area contributed by atoms with E-state index in [4.69, 9.17) is 5.11 Å². The minimum Gasteiger partial charge on any atom is -0.481 e. The maximum atomic E-state index is 11.7. The number of carbonyl (C=O) groups is 2. The molecule has 6 nitrogen and oxygen atoms in total. The molecule has 1 aromatic heterocycles. The van der Waals surface area contributed by atoms with Crippen LogP contribution in [0, 0.1) is 6.92 Å². The number of carbonyl (C=O) groups excluding carboxylic acids is 1. The van der Waals surface area contributed by atoms with Gasteiger partial charge in [0.25, 0.3) is 0 Å². The Bertz CT molecular complexity index is 457. The molecule has 7 heteroatoms. The third kappa shape index (κ3) is 5.69. The van der Waals surface area contributed by atoms with E-state index in [2.05, 4.69) is 15.6 Å². The zero-order chi connectivity index (χ0) is 14.5. The van der Waals surface area contributed by atoms with Gasteiger partial charge in [-0.05, 0) is 27.2 Å². The number of aromatic nitrogens is 1. The molecule has 3 N–H and O–H groups in total. The van der Waals surface area contributed by atoms with Crippen LogP contribution in [0.25, 0.3) is 0 Å². The van der Waals surface area contributed by atoms with Gasteiger partial charge in [0.15, 0.2) is 0 Å². The maximum absolute atomic E-state index is 11.7. The Balaban J connectivity index is 2.38. The standard InChI is InChI=1S/C12H19N3O3S/c1-8-9(19-7-14-8)6-13-11(18)15-12(2,3)5-4-10(16)17/h7H,4-6H2,1-3H3,(H,16,17)(H2,13,15,18). The molecular formula is C12H19N3O3S. The van der Waals surface area contributed by atoms with Gasteiger partial charge in [0.05, 0.1) is 17.7 Å². The van der Waals surface area contributed by atoms with Crippen LogP contribution in [0.5, 0.6) is 0 Å². The van der Waals surface area contributed by atoms with Gasteiger partial charge in [-0.15, -0.1) is 11.3 Å². The number of aliphatic carboxylic acids is 1. The molecule has 0 aliphatic carbocycles. The van der Waals surface area contributed by atoms with Crippen molar-refractivity contribution < 1.29 is 14.7 Å². The van der Waals surface area contributed by atoms with Crippen molar-refractivity contribution in [3.63, 3.8) is 0 Å². The molecule has 1 heterocycles. The summed E-state index contributed by atoms with van der Waals surface area (Å²) in [7, 11) is 0. The number of urea groups is 1. The lowest BCUT2D eigenvalue weighted by Gasteiger charge is -2.25. The average Bonchev–Trinajstić information content (AvgIpc) is 2.69. The van der Waals surface area contributed by atoms with Gasteiger partial charge in [-0.25, -0.2) is 9.78 Å². The quantitative estimate of drug-likeness (QED) is 0.744. The largest absolute Gasteiger partial charge is 0.481 e. The monoisotopic (exact) mass is 285 g/mol. The molecule has 0 aliphatic heterocycles. The van der Waals surface area contributed by atoms with Crippen molar-refractivity contribution in [2.24, 2.45) is 0 Å². The molecule has 0 radical (unpaired) electrons. The van der Waals surface area contributed by atoms with E-state index < -0.39 is 11.5 Å². The predicted molar refractivity (Wildman–Crippen MR) is 73.2 cm³/mol. The van der Waals surface area contributed by atoms with Gasteiger partial charge >= 0.3 is 12.0 Å². The second-order valence-corrected chi connectivity index (χ2v) is 5.89. The van der Waals surface area contributed by atoms with Crippen molar-refractivity contribution in [2.45, 2.75) is 45.7 Å². The molecule has 106 valence electrons. The molecule has 0 bridgehead atoms. The molecule has 19 heavy (non-hydrogen) atoms. The first-order chi connectivity index (χ1) is 8.80. The highest BCUT2D eigenvalue weighted by atomic mass is 32.1. The van der Waals surface area contributed by atoms with E-state index in [0.717, 1.165) is 10.6 Å². The van der Waals surface area contributed by atoms with Gasteiger partial charge in [-0.2, -0.15) is 0 Å². The van der Waals surface area contributed by atoms with Crippen molar-refractivity contribution in [3.05, 3.63) is 16.1 Å². The van der Waals surface area contributed by atoms with E-state index in [-0.39, 0.29) is 12.5 Å². The Morgan fingerprint density at radius 2 is 2.16 bits per heavy atom. The lowest BCUT2D eigenvalue weighted by Crippen LogP contribution is -2.48. The first-order valence-corrected chi connectivity index (χ1v) is 6.85. The number of carboxylic acids is 1. The van der Waals surface area contributed by atoms with Crippen LogP contribution in [0.3, 0.4) is 0 Å². The summed E-state index contributed by atoms with van der Waals surface area (Å²) in [6.07, 6.45) is 0.413. The normalized spacial score (nSPS) is 11.1. The Morgan fingerprint density at radius 1 is 1.47 bits per heavy atom. The number of hydrogen-bond donors (Lipinski definition) is 3. The predicted octanol–water partition coefficient (Wildman–Crippen LogP) is 1.89. The molecule has 2 amide bonds. The lowest BCUT2D eigenvalue weighted by atomic mass is 9.99. The Labute approximate surface area is 116 Å². The van der Waals surface area contributed by atoms with Gasteiger partial charge < -0.3 is 15.7 Å². The average molecular weight is 285 g/mol. The number of thiazole rings is 1. The third-order valence-electron chi connectivity index (χ3n) is 2.67. The van der Waals surface area contributed by atoms with Gasteiger partial charge in [-0.3, -0.25) is 4.79 Å². The summed E-state index contributed by atoms with van der Waals surface area (Å²) in [6, 6.07) is -0.303. The molecular weight excluding hydrogens is 266 g/mol. The molecule has 0 atom stereocenters. The second kappa shape index (κ2) is 6.51. The zero-order valence-corrected chi connectivity index (χ0v) is 12.1. The van der Waals surface area contributed by atoms with Gasteiger partial charge in [-0.1, -0.05) is 0 Å². The van der Waals surface area contributed by atoms with Gasteiger partial charge in [0, 0.05) is 16.8 Å². The number of amides is 2. The topological polar surface area (TPSA) is 91.3 Å². The van der Waals surface area contributed by atoms with Crippen LogP contribution in [0.4, 0.5) is 4.79 Å². The highest BCUT2D eigenvalue weighted by Crippen LogP contribution is 2.12. The Morgan fingerprint density at radius 3 is 2.68 bits per heavy atom. The minimum atomic E-state index is -0.865. The Kier molecular flexibility index (Phi) is 5.29. The SMILES string of the molecule is Cc1ncsc1CNC(=O)NC(C)(C)CCC(=O)O. The van der Waals surface area contributed by atoms with Crippen LogP contribution in [-0.4, -0.2) is 27.6 Å². The fourth-order valence-corrected chi connectivity index (χ4v) is 2.21.